The molecule has 0 saturated heterocycles. The minimum atomic E-state index is -0.864. The predicted molar refractivity (Wildman–Crippen MR) is 55.1 cm³/mol. The number of ether oxygens (including phenoxy) is 1. The first-order chi connectivity index (χ1) is 6.33. The van der Waals surface area contributed by atoms with Crippen LogP contribution < -0.4 is 0 Å². The summed E-state index contributed by atoms with van der Waals surface area (Å²) in [5, 5.41) is 1.81. The lowest BCUT2D eigenvalue weighted by Gasteiger charge is -2.11. The Hall–Kier alpha value is -1.22. The molecule has 0 aromatic heterocycles. The van der Waals surface area contributed by atoms with Crippen molar-refractivity contribution in [3.63, 3.8) is 0 Å². The molecule has 0 bridgehead atoms. The van der Waals surface area contributed by atoms with E-state index in [9.17, 15) is 4.79 Å². The molecule has 0 N–H and O–H groups in total. The first-order valence-corrected chi connectivity index (χ1v) is 5.38. The Kier molecular flexibility index (Phi) is 2.10. The number of methoxy groups -OCH3 is 1. The SMILES string of the molecule is COC(=O)[SH]1C=Cc2ccccc21. The van der Waals surface area contributed by atoms with Crippen LogP contribution in [-0.4, -0.2) is 12.4 Å². The van der Waals surface area contributed by atoms with Crippen molar-refractivity contribution in [2.24, 2.45) is 0 Å². The zero-order valence-corrected chi connectivity index (χ0v) is 8.12. The van der Waals surface area contributed by atoms with E-state index >= 15 is 0 Å². The van der Waals surface area contributed by atoms with Gasteiger partial charge in [-0.25, -0.2) is 4.79 Å². The van der Waals surface area contributed by atoms with Gasteiger partial charge in [-0.1, -0.05) is 18.2 Å². The zero-order chi connectivity index (χ0) is 9.26. The second kappa shape index (κ2) is 3.26. The topological polar surface area (TPSA) is 26.3 Å². The second-order valence-electron chi connectivity index (χ2n) is 2.71. The fourth-order valence-corrected chi connectivity index (χ4v) is 3.00. The standard InChI is InChI=1S/C10H10O2S/c1-12-10(11)13-7-6-8-4-2-3-5-9(8)13/h2-7,13H,1H3. The van der Waals surface area contributed by atoms with Crippen LogP contribution in [0.2, 0.25) is 0 Å². The third-order valence-corrected chi connectivity index (χ3v) is 3.92. The van der Waals surface area contributed by atoms with Crippen LogP contribution in [0.25, 0.3) is 6.08 Å². The van der Waals surface area contributed by atoms with E-state index in [1.54, 1.807) is 0 Å². The van der Waals surface area contributed by atoms with E-state index < -0.39 is 10.9 Å². The van der Waals surface area contributed by atoms with Crippen molar-refractivity contribution >= 4 is 22.3 Å². The molecule has 1 unspecified atom stereocenters. The number of carbonyl (C=O) groups is 1. The van der Waals surface area contributed by atoms with Crippen LogP contribution in [0.4, 0.5) is 4.79 Å². The third-order valence-electron chi connectivity index (χ3n) is 1.97. The Morgan fingerprint density at radius 2 is 2.15 bits per heavy atom. The Morgan fingerprint density at radius 3 is 2.92 bits per heavy atom. The van der Waals surface area contributed by atoms with Gasteiger partial charge in [-0.15, -0.1) is 10.9 Å². The molecular formula is C10H10O2S. The van der Waals surface area contributed by atoms with Gasteiger partial charge in [-0.2, -0.15) is 0 Å². The van der Waals surface area contributed by atoms with Gasteiger partial charge in [0.2, 0.25) is 0 Å². The van der Waals surface area contributed by atoms with Crippen LogP contribution >= 0.6 is 10.9 Å². The van der Waals surface area contributed by atoms with Gasteiger partial charge >= 0.3 is 5.30 Å². The van der Waals surface area contributed by atoms with Crippen molar-refractivity contribution < 1.29 is 9.53 Å². The first-order valence-electron chi connectivity index (χ1n) is 3.97. The predicted octanol–water partition coefficient (Wildman–Crippen LogP) is 2.80. The molecule has 0 radical (unpaired) electrons. The minimum absolute atomic E-state index is 0.129. The Labute approximate surface area is 79.6 Å². The number of fused-ring (bicyclic) bond motifs is 1. The van der Waals surface area contributed by atoms with Crippen LogP contribution in [0.1, 0.15) is 5.56 Å². The maximum atomic E-state index is 11.3. The molecule has 13 heavy (non-hydrogen) atoms. The van der Waals surface area contributed by atoms with Gasteiger partial charge in [0, 0.05) is 4.90 Å². The van der Waals surface area contributed by atoms with Crippen molar-refractivity contribution in [2.75, 3.05) is 7.11 Å². The number of rotatable bonds is 0. The summed E-state index contributed by atoms with van der Waals surface area (Å²) in [4.78, 5) is 12.4. The van der Waals surface area contributed by atoms with E-state index in [2.05, 4.69) is 0 Å². The second-order valence-corrected chi connectivity index (χ2v) is 4.60. The average Bonchev–Trinajstić information content (AvgIpc) is 2.60. The Bertz CT molecular complexity index is 371. The van der Waals surface area contributed by atoms with Gasteiger partial charge in [-0.3, -0.25) is 0 Å². The summed E-state index contributed by atoms with van der Waals surface area (Å²) >= 11 is 0. The number of hydrogen-bond acceptors (Lipinski definition) is 2. The molecule has 2 rings (SSSR count). The van der Waals surface area contributed by atoms with Crippen molar-refractivity contribution in [3.8, 4) is 0 Å². The maximum Gasteiger partial charge on any atom is 0.354 e. The van der Waals surface area contributed by atoms with E-state index in [-0.39, 0.29) is 5.30 Å². The van der Waals surface area contributed by atoms with E-state index in [0.717, 1.165) is 10.5 Å². The Balaban J connectivity index is 2.38. The van der Waals surface area contributed by atoms with Crippen LogP contribution in [-0.2, 0) is 4.74 Å². The number of carbonyl (C=O) groups excluding carboxylic acids is 1. The lowest BCUT2D eigenvalue weighted by atomic mass is 10.2. The number of hydrogen-bond donors (Lipinski definition) is 1. The minimum Gasteiger partial charge on any atom is -0.462 e. The smallest absolute Gasteiger partial charge is 0.354 e. The molecule has 0 saturated carbocycles. The van der Waals surface area contributed by atoms with E-state index in [1.165, 1.54) is 7.11 Å². The molecule has 0 amide bonds. The molecule has 3 heteroatoms. The summed E-state index contributed by atoms with van der Waals surface area (Å²) in [5.41, 5.74) is 1.14. The summed E-state index contributed by atoms with van der Waals surface area (Å²) in [5.74, 6) is 0. The summed E-state index contributed by atoms with van der Waals surface area (Å²) in [6.45, 7) is 0. The van der Waals surface area contributed by atoms with Crippen LogP contribution in [0.15, 0.2) is 34.6 Å². The maximum absolute atomic E-state index is 11.3. The van der Waals surface area contributed by atoms with Gasteiger partial charge < -0.3 is 4.74 Å². The Morgan fingerprint density at radius 1 is 1.38 bits per heavy atom. The normalized spacial score (nSPS) is 21.2. The molecule has 0 spiro atoms. The first kappa shape index (κ1) is 8.38. The van der Waals surface area contributed by atoms with Gasteiger partial charge in [0.25, 0.3) is 0 Å². The molecule has 1 atom stereocenters. The van der Waals surface area contributed by atoms with Gasteiger partial charge in [0.15, 0.2) is 0 Å². The summed E-state index contributed by atoms with van der Waals surface area (Å²) in [6, 6.07) is 7.92. The van der Waals surface area contributed by atoms with E-state index in [1.807, 2.05) is 35.7 Å². The average molecular weight is 194 g/mol. The molecule has 1 aromatic rings. The highest BCUT2D eigenvalue weighted by Crippen LogP contribution is 2.46. The molecule has 2 nitrogen and oxygen atoms in total. The molecule has 68 valence electrons. The molecule has 0 fully saturated rings. The van der Waals surface area contributed by atoms with E-state index in [0.29, 0.717) is 0 Å². The van der Waals surface area contributed by atoms with Crippen molar-refractivity contribution in [3.05, 3.63) is 35.2 Å². The molecule has 1 heterocycles. The van der Waals surface area contributed by atoms with Crippen molar-refractivity contribution in [1.29, 1.82) is 0 Å². The highest BCUT2D eigenvalue weighted by Gasteiger charge is 2.20. The fraction of sp³-hybridized carbons (Fsp3) is 0.100. The van der Waals surface area contributed by atoms with Gasteiger partial charge in [-0.05, 0) is 23.1 Å². The molecule has 0 aliphatic carbocycles. The lowest BCUT2D eigenvalue weighted by Crippen LogP contribution is -1.96. The zero-order valence-electron chi connectivity index (χ0n) is 7.23. The van der Waals surface area contributed by atoms with Crippen LogP contribution in [0.3, 0.4) is 0 Å². The highest BCUT2D eigenvalue weighted by atomic mass is 32.2. The van der Waals surface area contributed by atoms with Crippen molar-refractivity contribution in [2.45, 2.75) is 4.90 Å². The summed E-state index contributed by atoms with van der Waals surface area (Å²) < 4.78 is 4.73. The molecule has 1 aliphatic heterocycles. The van der Waals surface area contributed by atoms with E-state index in [4.69, 9.17) is 4.74 Å². The largest absolute Gasteiger partial charge is 0.462 e. The summed E-state index contributed by atoms with van der Waals surface area (Å²) in [6.07, 6.45) is 1.98. The van der Waals surface area contributed by atoms with Crippen LogP contribution in [0, 0.1) is 0 Å². The number of thiol groups is 1. The van der Waals surface area contributed by atoms with Crippen LogP contribution in [0.5, 0.6) is 0 Å². The summed E-state index contributed by atoms with van der Waals surface area (Å²) in [7, 11) is 0.566. The van der Waals surface area contributed by atoms with Crippen molar-refractivity contribution in [1.82, 2.24) is 0 Å². The molecule has 1 aromatic carbocycles. The lowest BCUT2D eigenvalue weighted by molar-refractivity contribution is 0.200. The van der Waals surface area contributed by atoms with Gasteiger partial charge in [0.1, 0.15) is 0 Å². The fourth-order valence-electron chi connectivity index (χ4n) is 1.34. The third kappa shape index (κ3) is 1.35. The highest BCUT2D eigenvalue weighted by molar-refractivity contribution is 8.32. The molecular weight excluding hydrogens is 184 g/mol. The quantitative estimate of drug-likeness (QED) is 0.507. The monoisotopic (exact) mass is 194 g/mol. The molecule has 1 aliphatic rings. The van der Waals surface area contributed by atoms with Gasteiger partial charge in [0.05, 0.1) is 7.11 Å². The number of benzene rings is 1.